The van der Waals surface area contributed by atoms with Crippen molar-refractivity contribution in [1.82, 2.24) is 4.90 Å². The van der Waals surface area contributed by atoms with Gasteiger partial charge in [0.1, 0.15) is 6.07 Å². The van der Waals surface area contributed by atoms with Crippen LogP contribution in [0.3, 0.4) is 0 Å². The van der Waals surface area contributed by atoms with E-state index in [2.05, 4.69) is 11.4 Å². The Bertz CT molecular complexity index is 546. The summed E-state index contributed by atoms with van der Waals surface area (Å²) in [4.78, 5) is 1.44. The summed E-state index contributed by atoms with van der Waals surface area (Å²) in [6.07, 6.45) is -2.73. The molecule has 1 aromatic rings. The lowest BCUT2D eigenvalue weighted by Crippen LogP contribution is -2.41. The molecule has 1 aliphatic rings. The van der Waals surface area contributed by atoms with E-state index >= 15 is 0 Å². The van der Waals surface area contributed by atoms with Gasteiger partial charge in [-0.1, -0.05) is 17.7 Å². The van der Waals surface area contributed by atoms with Crippen molar-refractivity contribution in [3.05, 3.63) is 28.8 Å². The topological polar surface area (TPSA) is 39.1 Å². The molecule has 0 unspecified atom stereocenters. The lowest BCUT2D eigenvalue weighted by Gasteiger charge is -2.32. The summed E-state index contributed by atoms with van der Waals surface area (Å²) < 4.78 is 37.0. The van der Waals surface area contributed by atoms with Gasteiger partial charge in [-0.2, -0.15) is 18.4 Å². The van der Waals surface area contributed by atoms with Gasteiger partial charge in [-0.25, -0.2) is 0 Å². The molecule has 0 aromatic heterocycles. The smallest absolute Gasteiger partial charge is 0.382 e. The Balaban J connectivity index is 1.84. The third-order valence-electron chi connectivity index (χ3n) is 3.81. The average Bonchev–Trinajstić information content (AvgIpc) is 2.45. The third-order valence-corrected chi connectivity index (χ3v) is 4.13. The van der Waals surface area contributed by atoms with E-state index in [0.717, 1.165) is 0 Å². The van der Waals surface area contributed by atoms with Gasteiger partial charge in [0, 0.05) is 6.54 Å². The first kappa shape index (κ1) is 16.9. The highest BCUT2D eigenvalue weighted by Crippen LogP contribution is 2.27. The summed E-state index contributed by atoms with van der Waals surface area (Å²) in [5.74, 6) is 0.285. The van der Waals surface area contributed by atoms with Crippen LogP contribution in [0.1, 0.15) is 18.4 Å². The molecule has 1 saturated heterocycles. The second-order valence-electron chi connectivity index (χ2n) is 5.49. The predicted molar refractivity (Wildman–Crippen MR) is 79.9 cm³/mol. The molecule has 7 heteroatoms. The molecule has 1 aliphatic heterocycles. The highest BCUT2D eigenvalue weighted by atomic mass is 35.5. The summed E-state index contributed by atoms with van der Waals surface area (Å²) in [5.41, 5.74) is 1.08. The van der Waals surface area contributed by atoms with Gasteiger partial charge < -0.3 is 5.32 Å². The maximum atomic E-state index is 12.3. The van der Waals surface area contributed by atoms with Gasteiger partial charge in [0.05, 0.1) is 22.8 Å². The van der Waals surface area contributed by atoms with Crippen molar-refractivity contribution in [2.24, 2.45) is 5.92 Å². The Morgan fingerprint density at radius 2 is 2.00 bits per heavy atom. The number of nitrogens with one attached hydrogen (secondary N) is 1. The van der Waals surface area contributed by atoms with Crippen LogP contribution in [0.15, 0.2) is 18.2 Å². The van der Waals surface area contributed by atoms with Crippen molar-refractivity contribution >= 4 is 17.3 Å². The molecule has 1 aromatic carbocycles. The Hall–Kier alpha value is -1.45. The van der Waals surface area contributed by atoms with Crippen LogP contribution in [0.25, 0.3) is 0 Å². The molecule has 0 bridgehead atoms. The second kappa shape index (κ2) is 7.21. The first-order chi connectivity index (χ1) is 10.4. The number of rotatable bonds is 4. The summed E-state index contributed by atoms with van der Waals surface area (Å²) in [6, 6.07) is 7.17. The highest BCUT2D eigenvalue weighted by Gasteiger charge is 2.32. The zero-order chi connectivity index (χ0) is 16.2. The zero-order valence-corrected chi connectivity index (χ0v) is 12.7. The van der Waals surface area contributed by atoms with Crippen LogP contribution in [0.4, 0.5) is 18.9 Å². The molecular formula is C15H17ClF3N3. The number of benzene rings is 1. The summed E-state index contributed by atoms with van der Waals surface area (Å²) >= 11 is 6.07. The van der Waals surface area contributed by atoms with E-state index in [-0.39, 0.29) is 5.92 Å². The maximum absolute atomic E-state index is 12.3. The number of nitriles is 1. The van der Waals surface area contributed by atoms with Crippen LogP contribution in [0, 0.1) is 17.2 Å². The molecule has 22 heavy (non-hydrogen) atoms. The van der Waals surface area contributed by atoms with E-state index in [9.17, 15) is 13.2 Å². The number of likely N-dealkylation sites (tertiary alicyclic amines) is 1. The number of nitrogens with zero attached hydrogens (tertiary/aromatic N) is 2. The van der Waals surface area contributed by atoms with Gasteiger partial charge in [-0.3, -0.25) is 4.90 Å². The van der Waals surface area contributed by atoms with Crippen molar-refractivity contribution in [3.63, 3.8) is 0 Å². The molecule has 1 N–H and O–H groups in total. The lowest BCUT2D eigenvalue weighted by atomic mass is 9.96. The number of piperidine rings is 1. The summed E-state index contributed by atoms with van der Waals surface area (Å²) in [6.45, 7) is 0.660. The van der Waals surface area contributed by atoms with Crippen LogP contribution in [-0.2, 0) is 0 Å². The highest BCUT2D eigenvalue weighted by molar-refractivity contribution is 6.33. The van der Waals surface area contributed by atoms with Crippen molar-refractivity contribution in [1.29, 1.82) is 5.26 Å². The Labute approximate surface area is 132 Å². The van der Waals surface area contributed by atoms with Gasteiger partial charge >= 0.3 is 6.18 Å². The third kappa shape index (κ3) is 4.79. The quantitative estimate of drug-likeness (QED) is 0.909. The molecule has 3 nitrogen and oxygen atoms in total. The average molecular weight is 332 g/mol. The van der Waals surface area contributed by atoms with Crippen molar-refractivity contribution < 1.29 is 13.2 Å². The maximum Gasteiger partial charge on any atom is 0.401 e. The number of para-hydroxylation sites is 1. The molecule has 2 rings (SSSR count). The molecule has 0 spiro atoms. The fraction of sp³-hybridized carbons (Fsp3) is 0.533. The zero-order valence-electron chi connectivity index (χ0n) is 12.0. The standard InChI is InChI=1S/C15H17ClF3N3/c16-13-3-1-2-12(8-20)14(13)21-9-11-4-6-22(7-5-11)10-15(17,18)19/h1-3,11,21H,4-7,9-10H2. The Morgan fingerprint density at radius 3 is 2.59 bits per heavy atom. The van der Waals surface area contributed by atoms with E-state index in [1.807, 2.05) is 0 Å². The number of anilines is 1. The Morgan fingerprint density at radius 1 is 1.32 bits per heavy atom. The van der Waals surface area contributed by atoms with E-state index in [4.69, 9.17) is 16.9 Å². The number of alkyl halides is 3. The predicted octanol–water partition coefficient (Wildman–Crippen LogP) is 3.90. The minimum absolute atomic E-state index is 0.285. The molecule has 1 fully saturated rings. The molecule has 0 atom stereocenters. The van der Waals surface area contributed by atoms with Crippen molar-refractivity contribution in [3.8, 4) is 6.07 Å². The summed E-state index contributed by atoms with van der Waals surface area (Å²) in [7, 11) is 0. The fourth-order valence-corrected chi connectivity index (χ4v) is 2.89. The van der Waals surface area contributed by atoms with Crippen LogP contribution in [0.2, 0.25) is 5.02 Å². The van der Waals surface area contributed by atoms with E-state index in [1.165, 1.54) is 4.90 Å². The SMILES string of the molecule is N#Cc1cccc(Cl)c1NCC1CCN(CC(F)(F)F)CC1. The van der Waals surface area contributed by atoms with E-state index in [0.29, 0.717) is 48.7 Å². The molecule has 0 amide bonds. The summed E-state index contributed by atoms with van der Waals surface area (Å²) in [5, 5.41) is 12.7. The van der Waals surface area contributed by atoms with Crippen LogP contribution < -0.4 is 5.32 Å². The Kier molecular flexibility index (Phi) is 5.54. The minimum atomic E-state index is -4.13. The second-order valence-corrected chi connectivity index (χ2v) is 5.90. The molecule has 0 saturated carbocycles. The van der Waals surface area contributed by atoms with Crippen LogP contribution >= 0.6 is 11.6 Å². The first-order valence-electron chi connectivity index (χ1n) is 7.10. The van der Waals surface area contributed by atoms with Crippen molar-refractivity contribution in [2.45, 2.75) is 19.0 Å². The molecule has 120 valence electrons. The van der Waals surface area contributed by atoms with E-state index in [1.54, 1.807) is 18.2 Å². The first-order valence-corrected chi connectivity index (χ1v) is 7.48. The van der Waals surface area contributed by atoms with Gasteiger partial charge in [-0.05, 0) is 44.0 Å². The fourth-order valence-electron chi connectivity index (χ4n) is 2.65. The lowest BCUT2D eigenvalue weighted by molar-refractivity contribution is -0.148. The number of hydrogen-bond donors (Lipinski definition) is 1. The van der Waals surface area contributed by atoms with Crippen LogP contribution in [0.5, 0.6) is 0 Å². The normalized spacial score (nSPS) is 17.2. The molecular weight excluding hydrogens is 315 g/mol. The van der Waals surface area contributed by atoms with E-state index < -0.39 is 12.7 Å². The van der Waals surface area contributed by atoms with Crippen LogP contribution in [-0.4, -0.2) is 37.3 Å². The van der Waals surface area contributed by atoms with Gasteiger partial charge in [0.2, 0.25) is 0 Å². The monoisotopic (exact) mass is 331 g/mol. The van der Waals surface area contributed by atoms with Gasteiger partial charge in [0.15, 0.2) is 0 Å². The van der Waals surface area contributed by atoms with Gasteiger partial charge in [-0.15, -0.1) is 0 Å². The largest absolute Gasteiger partial charge is 0.401 e. The minimum Gasteiger partial charge on any atom is -0.382 e. The molecule has 0 aliphatic carbocycles. The molecule has 1 heterocycles. The van der Waals surface area contributed by atoms with Crippen molar-refractivity contribution in [2.75, 3.05) is 31.5 Å². The number of halogens is 4. The molecule has 0 radical (unpaired) electrons. The van der Waals surface area contributed by atoms with Gasteiger partial charge in [0.25, 0.3) is 0 Å². The number of hydrogen-bond acceptors (Lipinski definition) is 3.